The van der Waals surface area contributed by atoms with Gasteiger partial charge in [0.15, 0.2) is 0 Å². The average molecular weight is 413 g/mol. The van der Waals surface area contributed by atoms with E-state index in [-0.39, 0.29) is 24.4 Å². The molecule has 1 fully saturated rings. The second-order valence-corrected chi connectivity index (χ2v) is 7.69. The topological polar surface area (TPSA) is 72.1 Å². The van der Waals surface area contributed by atoms with E-state index in [1.165, 1.54) is 28.5 Å². The quantitative estimate of drug-likeness (QED) is 0.651. The molecule has 4 heterocycles. The molecule has 1 aliphatic heterocycles. The minimum absolute atomic E-state index is 0. The molecule has 6 nitrogen and oxygen atoms in total. The van der Waals surface area contributed by atoms with Gasteiger partial charge in [-0.05, 0) is 37.6 Å². The predicted molar refractivity (Wildman–Crippen MR) is 105 cm³/mol. The molecule has 4 rings (SSSR count). The maximum absolute atomic E-state index is 12.7. The molecule has 0 bridgehead atoms. The zero-order chi connectivity index (χ0) is 17.2. The molecule has 0 radical (unpaired) electrons. The van der Waals surface area contributed by atoms with Gasteiger partial charge in [0.25, 0.3) is 5.91 Å². The van der Waals surface area contributed by atoms with Crippen LogP contribution in [0, 0.1) is 0 Å². The van der Waals surface area contributed by atoms with Crippen LogP contribution in [0.1, 0.15) is 39.8 Å². The summed E-state index contributed by atoms with van der Waals surface area (Å²) in [6, 6.07) is 7.61. The number of hydrogen-bond acceptors (Lipinski definition) is 6. The van der Waals surface area contributed by atoms with Gasteiger partial charge in [-0.1, -0.05) is 11.6 Å². The van der Waals surface area contributed by atoms with Gasteiger partial charge in [-0.15, -0.1) is 23.7 Å². The lowest BCUT2D eigenvalue weighted by atomic mass is 10.2. The fourth-order valence-corrected chi connectivity index (χ4v) is 3.95. The monoisotopic (exact) mass is 412 g/mol. The highest BCUT2D eigenvalue weighted by Crippen LogP contribution is 2.26. The summed E-state index contributed by atoms with van der Waals surface area (Å²) in [5.41, 5.74) is 1.34. The molecule has 2 N–H and O–H groups in total. The zero-order valence-corrected chi connectivity index (χ0v) is 16.2. The third-order valence-electron chi connectivity index (χ3n) is 4.18. The number of anilines is 1. The number of thiophene rings is 1. The van der Waals surface area contributed by atoms with E-state index in [0.717, 1.165) is 34.3 Å². The van der Waals surface area contributed by atoms with Crippen LogP contribution in [0.3, 0.4) is 0 Å². The number of rotatable bonds is 5. The van der Waals surface area contributed by atoms with Gasteiger partial charge < -0.3 is 15.1 Å². The van der Waals surface area contributed by atoms with Crippen LogP contribution >= 0.6 is 35.3 Å². The first-order valence-electron chi connectivity index (χ1n) is 8.09. The highest BCUT2D eigenvalue weighted by Gasteiger charge is 2.23. The molecule has 26 heavy (non-hydrogen) atoms. The van der Waals surface area contributed by atoms with Crippen molar-refractivity contribution in [1.82, 2.24) is 15.1 Å². The van der Waals surface area contributed by atoms with Gasteiger partial charge in [-0.25, -0.2) is 0 Å². The Balaban J connectivity index is 0.00000196. The molecule has 1 aliphatic rings. The number of hydrogen-bond donors (Lipinski definition) is 2. The summed E-state index contributed by atoms with van der Waals surface area (Å²) in [6.45, 7) is 1.56. The molecule has 0 amide bonds. The number of carbonyl (C=O) groups is 1. The first-order chi connectivity index (χ1) is 12.2. The van der Waals surface area contributed by atoms with E-state index in [2.05, 4.69) is 15.7 Å². The lowest BCUT2D eigenvalue weighted by Crippen LogP contribution is -2.18. The van der Waals surface area contributed by atoms with Gasteiger partial charge in [-0.2, -0.15) is 9.78 Å². The lowest BCUT2D eigenvalue weighted by molar-refractivity contribution is 0.0946. The minimum atomic E-state index is -0.218. The van der Waals surface area contributed by atoms with Gasteiger partial charge in [0.1, 0.15) is 12.1 Å². The van der Waals surface area contributed by atoms with Crippen LogP contribution in [0.4, 0.5) is 5.82 Å². The van der Waals surface area contributed by atoms with Gasteiger partial charge in [0.05, 0.1) is 34.4 Å². The molecular weight excluding hydrogens is 395 g/mol. The van der Waals surface area contributed by atoms with E-state index in [9.17, 15) is 4.79 Å². The van der Waals surface area contributed by atoms with Gasteiger partial charge >= 0.3 is 0 Å². The van der Waals surface area contributed by atoms with E-state index >= 15 is 0 Å². The highest BCUT2D eigenvalue weighted by molar-refractivity contribution is 7.16. The van der Waals surface area contributed by atoms with E-state index < -0.39 is 0 Å². The minimum Gasteiger partial charge on any atom is -0.472 e. The fourth-order valence-electron chi connectivity index (χ4n) is 2.92. The first-order valence-corrected chi connectivity index (χ1v) is 9.28. The summed E-state index contributed by atoms with van der Waals surface area (Å²) in [5, 5.41) is 11.3. The van der Waals surface area contributed by atoms with Crippen LogP contribution in [-0.4, -0.2) is 22.2 Å². The predicted octanol–water partition coefficient (Wildman–Crippen LogP) is 4.34. The smallest absolute Gasteiger partial charge is 0.283 e. The SMILES string of the molecule is Cl.O=C(c1ccoc1)n1nc(C2CCCN2)cc1NCc1ccc(Cl)s1. The Kier molecular flexibility index (Phi) is 6.03. The normalized spacial score (nSPS) is 16.4. The van der Waals surface area contributed by atoms with Crippen molar-refractivity contribution >= 4 is 47.1 Å². The molecule has 1 unspecified atom stereocenters. The molecule has 1 saturated heterocycles. The van der Waals surface area contributed by atoms with E-state index in [4.69, 9.17) is 16.0 Å². The first kappa shape index (κ1) is 19.0. The van der Waals surface area contributed by atoms with E-state index in [1.807, 2.05) is 18.2 Å². The van der Waals surface area contributed by atoms with E-state index in [1.54, 1.807) is 6.07 Å². The molecular formula is C17H18Cl2N4O2S. The molecule has 0 saturated carbocycles. The van der Waals surface area contributed by atoms with Gasteiger partial charge in [0, 0.05) is 10.9 Å². The van der Waals surface area contributed by atoms with Crippen molar-refractivity contribution in [2.24, 2.45) is 0 Å². The van der Waals surface area contributed by atoms with Crippen molar-refractivity contribution in [3.05, 3.63) is 57.3 Å². The number of nitrogens with one attached hydrogen (secondary N) is 2. The van der Waals surface area contributed by atoms with Crippen molar-refractivity contribution in [2.75, 3.05) is 11.9 Å². The van der Waals surface area contributed by atoms with Crippen LogP contribution < -0.4 is 10.6 Å². The molecule has 0 aliphatic carbocycles. The Labute approximate surface area is 165 Å². The Bertz CT molecular complexity index is 869. The summed E-state index contributed by atoms with van der Waals surface area (Å²) >= 11 is 7.49. The maximum Gasteiger partial charge on any atom is 0.283 e. The summed E-state index contributed by atoms with van der Waals surface area (Å²) in [5.74, 6) is 0.448. The molecule has 1 atom stereocenters. The van der Waals surface area contributed by atoms with Crippen LogP contribution in [0.2, 0.25) is 4.34 Å². The summed E-state index contributed by atoms with van der Waals surface area (Å²) in [6.07, 6.45) is 5.05. The lowest BCUT2D eigenvalue weighted by Gasteiger charge is -2.06. The van der Waals surface area contributed by atoms with Crippen molar-refractivity contribution in [3.8, 4) is 0 Å². The van der Waals surface area contributed by atoms with Crippen LogP contribution in [0.25, 0.3) is 0 Å². The van der Waals surface area contributed by atoms with Gasteiger partial charge in [0.2, 0.25) is 0 Å². The number of carbonyl (C=O) groups excluding carboxylic acids is 1. The van der Waals surface area contributed by atoms with Crippen LogP contribution in [0.5, 0.6) is 0 Å². The average Bonchev–Trinajstić information content (AvgIpc) is 3.38. The summed E-state index contributed by atoms with van der Waals surface area (Å²) in [7, 11) is 0. The molecule has 138 valence electrons. The molecule has 0 spiro atoms. The number of aromatic nitrogens is 2. The number of furan rings is 1. The standard InChI is InChI=1S/C17H17ClN4O2S.ClH/c18-15-4-3-12(25-15)9-20-16-8-14(13-2-1-6-19-13)21-22(16)17(23)11-5-7-24-10-11;/h3-5,7-8,10,13,19-20H,1-2,6,9H2;1H. The number of halogens is 2. The Hall–Kier alpha value is -1.80. The molecule has 9 heteroatoms. The van der Waals surface area contributed by atoms with Crippen molar-refractivity contribution in [1.29, 1.82) is 0 Å². The Morgan fingerprint density at radius 1 is 1.46 bits per heavy atom. The van der Waals surface area contributed by atoms with Crippen molar-refractivity contribution in [3.63, 3.8) is 0 Å². The van der Waals surface area contributed by atoms with Crippen molar-refractivity contribution < 1.29 is 9.21 Å². The van der Waals surface area contributed by atoms with Crippen LogP contribution in [0.15, 0.2) is 41.2 Å². The Morgan fingerprint density at radius 2 is 2.35 bits per heavy atom. The Morgan fingerprint density at radius 3 is 3.00 bits per heavy atom. The van der Waals surface area contributed by atoms with Gasteiger partial charge in [-0.3, -0.25) is 4.79 Å². The molecule has 0 aromatic carbocycles. The number of nitrogens with zero attached hydrogens (tertiary/aromatic N) is 2. The van der Waals surface area contributed by atoms with E-state index in [0.29, 0.717) is 17.9 Å². The largest absolute Gasteiger partial charge is 0.472 e. The maximum atomic E-state index is 12.7. The second-order valence-electron chi connectivity index (χ2n) is 5.89. The fraction of sp³-hybridized carbons (Fsp3) is 0.294. The second kappa shape index (κ2) is 8.26. The molecule has 3 aromatic heterocycles. The highest BCUT2D eigenvalue weighted by atomic mass is 35.5. The third kappa shape index (κ3) is 3.96. The third-order valence-corrected chi connectivity index (χ3v) is 5.41. The van der Waals surface area contributed by atoms with Crippen molar-refractivity contribution in [2.45, 2.75) is 25.4 Å². The summed E-state index contributed by atoms with van der Waals surface area (Å²) < 4.78 is 7.19. The zero-order valence-electron chi connectivity index (χ0n) is 13.8. The molecule has 3 aromatic rings. The van der Waals surface area contributed by atoms with Crippen LogP contribution in [-0.2, 0) is 6.54 Å². The summed E-state index contributed by atoms with van der Waals surface area (Å²) in [4.78, 5) is 13.8.